The summed E-state index contributed by atoms with van der Waals surface area (Å²) in [5.74, 6) is 0.654. The first kappa shape index (κ1) is 10.8. The fourth-order valence-electron chi connectivity index (χ4n) is 3.17. The van der Waals surface area contributed by atoms with Gasteiger partial charge in [0.1, 0.15) is 5.82 Å². The topological polar surface area (TPSA) is 4.93 Å². The largest absolute Gasteiger partial charge is 0.347 e. The Hall–Kier alpha value is -1.31. The summed E-state index contributed by atoms with van der Waals surface area (Å²) in [6.45, 7) is 2.25. The summed E-state index contributed by atoms with van der Waals surface area (Å²) in [7, 11) is 2.10. The van der Waals surface area contributed by atoms with Gasteiger partial charge in [-0.15, -0.1) is 0 Å². The van der Waals surface area contributed by atoms with Crippen LogP contribution in [0.15, 0.2) is 18.2 Å². The quantitative estimate of drug-likeness (QED) is 0.703. The van der Waals surface area contributed by atoms with Gasteiger partial charge in [0, 0.05) is 23.6 Å². The summed E-state index contributed by atoms with van der Waals surface area (Å²) in [5.41, 5.74) is 3.98. The number of hydrogen-bond acceptors (Lipinski definition) is 0. The summed E-state index contributed by atoms with van der Waals surface area (Å²) in [5, 5.41) is 1.13. The lowest BCUT2D eigenvalue weighted by Gasteiger charge is -2.22. The standard InChI is InChI=1S/C15H18FN/c1-3-10-4-6-14-12(8-10)13-9-11(16)5-7-15(13)17(14)2/h5,7,9-10H,3-4,6,8H2,1-2H3/t10-/m0/s1. The molecule has 3 rings (SSSR count). The minimum absolute atomic E-state index is 0.121. The third-order valence-electron chi connectivity index (χ3n) is 4.26. The van der Waals surface area contributed by atoms with E-state index in [1.165, 1.54) is 29.6 Å². The number of aromatic nitrogens is 1. The van der Waals surface area contributed by atoms with E-state index < -0.39 is 0 Å². The number of nitrogens with zero attached hydrogens (tertiary/aromatic N) is 1. The zero-order valence-electron chi connectivity index (χ0n) is 10.5. The van der Waals surface area contributed by atoms with Gasteiger partial charge in [0.05, 0.1) is 0 Å². The number of benzene rings is 1. The Bertz CT molecular complexity index is 568. The summed E-state index contributed by atoms with van der Waals surface area (Å²) >= 11 is 0. The maximum Gasteiger partial charge on any atom is 0.123 e. The van der Waals surface area contributed by atoms with Gasteiger partial charge in [-0.3, -0.25) is 0 Å². The van der Waals surface area contributed by atoms with Crippen LogP contribution in [-0.4, -0.2) is 4.57 Å². The van der Waals surface area contributed by atoms with Crippen LogP contribution < -0.4 is 0 Å². The van der Waals surface area contributed by atoms with E-state index in [2.05, 4.69) is 18.5 Å². The summed E-state index contributed by atoms with van der Waals surface area (Å²) < 4.78 is 15.6. The first-order valence-corrected chi connectivity index (χ1v) is 6.46. The van der Waals surface area contributed by atoms with Gasteiger partial charge < -0.3 is 4.57 Å². The third kappa shape index (κ3) is 1.58. The Morgan fingerprint density at radius 1 is 1.41 bits per heavy atom. The van der Waals surface area contributed by atoms with Crippen LogP contribution in [0.3, 0.4) is 0 Å². The van der Waals surface area contributed by atoms with Crippen LogP contribution in [0.1, 0.15) is 31.0 Å². The number of rotatable bonds is 1. The molecule has 0 fully saturated rings. The first-order valence-electron chi connectivity index (χ1n) is 6.46. The molecule has 0 unspecified atom stereocenters. The molecule has 1 heterocycles. The minimum atomic E-state index is -0.121. The molecule has 0 spiro atoms. The highest BCUT2D eigenvalue weighted by Gasteiger charge is 2.23. The summed E-state index contributed by atoms with van der Waals surface area (Å²) in [4.78, 5) is 0. The van der Waals surface area contributed by atoms with E-state index in [9.17, 15) is 4.39 Å². The van der Waals surface area contributed by atoms with Crippen molar-refractivity contribution in [3.05, 3.63) is 35.3 Å². The normalized spacial score (nSPS) is 19.6. The molecule has 0 saturated carbocycles. The number of hydrogen-bond donors (Lipinski definition) is 0. The predicted octanol–water partition coefficient (Wildman–Crippen LogP) is 3.83. The van der Waals surface area contributed by atoms with Crippen LogP contribution in [0.5, 0.6) is 0 Å². The second kappa shape index (κ2) is 3.86. The Morgan fingerprint density at radius 2 is 2.24 bits per heavy atom. The third-order valence-corrected chi connectivity index (χ3v) is 4.26. The Kier molecular flexibility index (Phi) is 2.46. The van der Waals surface area contributed by atoms with Gasteiger partial charge in [0.2, 0.25) is 0 Å². The fraction of sp³-hybridized carbons (Fsp3) is 0.467. The number of halogens is 1. The second-order valence-electron chi connectivity index (χ2n) is 5.16. The van der Waals surface area contributed by atoms with Crippen LogP contribution in [0.4, 0.5) is 4.39 Å². The lowest BCUT2D eigenvalue weighted by molar-refractivity contribution is 0.439. The lowest BCUT2D eigenvalue weighted by Crippen LogP contribution is -2.14. The van der Waals surface area contributed by atoms with Gasteiger partial charge >= 0.3 is 0 Å². The molecule has 90 valence electrons. The zero-order valence-corrected chi connectivity index (χ0v) is 10.5. The average Bonchev–Trinajstić information content (AvgIpc) is 2.62. The van der Waals surface area contributed by atoms with Crippen molar-refractivity contribution in [2.45, 2.75) is 32.6 Å². The van der Waals surface area contributed by atoms with Crippen LogP contribution in [0.2, 0.25) is 0 Å². The van der Waals surface area contributed by atoms with Gasteiger partial charge in [-0.2, -0.15) is 0 Å². The predicted molar refractivity (Wildman–Crippen MR) is 68.7 cm³/mol. The molecular weight excluding hydrogens is 213 g/mol. The number of fused-ring (bicyclic) bond motifs is 3. The average molecular weight is 231 g/mol. The molecule has 1 aromatic heterocycles. The van der Waals surface area contributed by atoms with E-state index in [1.54, 1.807) is 12.1 Å². The second-order valence-corrected chi connectivity index (χ2v) is 5.16. The van der Waals surface area contributed by atoms with Crippen LogP contribution in [-0.2, 0) is 19.9 Å². The van der Waals surface area contributed by atoms with Crippen molar-refractivity contribution in [1.29, 1.82) is 0 Å². The zero-order chi connectivity index (χ0) is 12.0. The number of aryl methyl sites for hydroxylation is 1. The van der Waals surface area contributed by atoms with Gasteiger partial charge in [-0.05, 0) is 48.9 Å². The van der Waals surface area contributed by atoms with Gasteiger partial charge in [0.25, 0.3) is 0 Å². The molecule has 1 aromatic carbocycles. The molecule has 0 amide bonds. The lowest BCUT2D eigenvalue weighted by atomic mass is 9.85. The summed E-state index contributed by atoms with van der Waals surface area (Å²) in [6.07, 6.45) is 4.76. The van der Waals surface area contributed by atoms with Crippen molar-refractivity contribution >= 4 is 10.9 Å². The molecule has 1 atom stereocenters. The van der Waals surface area contributed by atoms with E-state index in [4.69, 9.17) is 0 Å². The van der Waals surface area contributed by atoms with Crippen molar-refractivity contribution in [2.24, 2.45) is 13.0 Å². The van der Waals surface area contributed by atoms with E-state index >= 15 is 0 Å². The first-order chi connectivity index (χ1) is 8.20. The van der Waals surface area contributed by atoms with E-state index in [0.29, 0.717) is 0 Å². The van der Waals surface area contributed by atoms with Crippen molar-refractivity contribution in [3.63, 3.8) is 0 Å². The summed E-state index contributed by atoms with van der Waals surface area (Å²) in [6, 6.07) is 5.17. The molecule has 1 nitrogen and oxygen atoms in total. The maximum atomic E-state index is 13.4. The smallest absolute Gasteiger partial charge is 0.123 e. The van der Waals surface area contributed by atoms with Crippen LogP contribution in [0.25, 0.3) is 10.9 Å². The minimum Gasteiger partial charge on any atom is -0.347 e. The van der Waals surface area contributed by atoms with E-state index in [0.717, 1.165) is 24.1 Å². The Morgan fingerprint density at radius 3 is 3.00 bits per heavy atom. The van der Waals surface area contributed by atoms with Crippen molar-refractivity contribution < 1.29 is 4.39 Å². The molecule has 17 heavy (non-hydrogen) atoms. The highest BCUT2D eigenvalue weighted by Crippen LogP contribution is 2.34. The molecular formula is C15H18FN. The van der Waals surface area contributed by atoms with Gasteiger partial charge in [-0.1, -0.05) is 13.3 Å². The van der Waals surface area contributed by atoms with Crippen molar-refractivity contribution in [1.82, 2.24) is 4.57 Å². The van der Waals surface area contributed by atoms with Gasteiger partial charge in [0.15, 0.2) is 0 Å². The highest BCUT2D eigenvalue weighted by atomic mass is 19.1. The van der Waals surface area contributed by atoms with E-state index in [-0.39, 0.29) is 5.82 Å². The SMILES string of the molecule is CC[C@H]1CCc2c(c3cc(F)ccc3n2C)C1. The fourth-order valence-corrected chi connectivity index (χ4v) is 3.17. The Labute approximate surface area is 101 Å². The monoisotopic (exact) mass is 231 g/mol. The van der Waals surface area contributed by atoms with Crippen LogP contribution in [0, 0.1) is 11.7 Å². The Balaban J connectivity index is 2.23. The van der Waals surface area contributed by atoms with Gasteiger partial charge in [-0.25, -0.2) is 4.39 Å². The molecule has 2 aromatic rings. The van der Waals surface area contributed by atoms with Crippen molar-refractivity contribution in [2.75, 3.05) is 0 Å². The maximum absolute atomic E-state index is 13.4. The van der Waals surface area contributed by atoms with E-state index in [1.807, 2.05) is 6.07 Å². The molecule has 1 aliphatic rings. The molecule has 0 N–H and O–H groups in total. The highest BCUT2D eigenvalue weighted by molar-refractivity contribution is 5.85. The molecule has 1 aliphatic carbocycles. The molecule has 0 saturated heterocycles. The van der Waals surface area contributed by atoms with Crippen LogP contribution >= 0.6 is 0 Å². The molecule has 2 heteroatoms. The molecule has 0 bridgehead atoms. The molecule has 0 aliphatic heterocycles. The molecule has 0 radical (unpaired) electrons. The van der Waals surface area contributed by atoms with Crippen molar-refractivity contribution in [3.8, 4) is 0 Å².